The van der Waals surface area contributed by atoms with Crippen molar-refractivity contribution in [1.82, 2.24) is 0 Å². The van der Waals surface area contributed by atoms with Crippen molar-refractivity contribution in [2.75, 3.05) is 0 Å². The van der Waals surface area contributed by atoms with Crippen LogP contribution < -0.4 is 0 Å². The zero-order valence-corrected chi connectivity index (χ0v) is 68.5. The van der Waals surface area contributed by atoms with Crippen molar-refractivity contribution in [3.63, 3.8) is 0 Å². The highest BCUT2D eigenvalue weighted by Gasteiger charge is 2.18. The number of carbonyl (C=O) groups excluding carboxylic acids is 6. The molecule has 0 radical (unpaired) electrons. The van der Waals surface area contributed by atoms with Gasteiger partial charge in [0.15, 0.2) is 11.6 Å². The SMILES string of the molecule is C=C/C(=C\C)C(C)=O.C=C/C(C)=C\C.CC.CC.CC.CC.CC.CC.CC.CC.CC(=O)C1CCCC1.CC(=O)C1CCCCC1.CC(=O)c1ccccc1.CC1CCCC1.CC1CCCCC1.CCC(=O)CC.CCC(C)=O.CCC(O)CC.Cc1ccccc1. The molecule has 0 spiro atoms. The highest BCUT2D eigenvalue weighted by atomic mass is 16.3. The molecule has 93 heavy (non-hydrogen) atoms. The van der Waals surface area contributed by atoms with E-state index < -0.39 is 0 Å². The Labute approximate surface area is 585 Å². The van der Waals surface area contributed by atoms with Gasteiger partial charge in [-0.3, -0.25) is 24.0 Å². The second-order valence-corrected chi connectivity index (χ2v) is 20.8. The molecule has 0 heterocycles. The summed E-state index contributed by atoms with van der Waals surface area (Å²) >= 11 is 0. The maximum absolute atomic E-state index is 10.8. The molecule has 0 atom stereocenters. The van der Waals surface area contributed by atoms with Crippen LogP contribution in [0.1, 0.15) is 378 Å². The van der Waals surface area contributed by atoms with Crippen molar-refractivity contribution in [3.8, 4) is 0 Å². The highest BCUT2D eigenvalue weighted by Crippen LogP contribution is 2.26. The second-order valence-electron chi connectivity index (χ2n) is 20.8. The van der Waals surface area contributed by atoms with Gasteiger partial charge in [-0.1, -0.05) is 358 Å². The van der Waals surface area contributed by atoms with Gasteiger partial charge >= 0.3 is 0 Å². The molecule has 4 aliphatic rings. The summed E-state index contributed by atoms with van der Waals surface area (Å²) in [4.78, 5) is 62.5. The molecule has 0 aliphatic heterocycles. The van der Waals surface area contributed by atoms with E-state index in [2.05, 4.69) is 46.1 Å². The number of benzene rings is 2. The maximum Gasteiger partial charge on any atom is 0.159 e. The average Bonchev–Trinajstić information content (AvgIpc) is 4.56. The van der Waals surface area contributed by atoms with Crippen LogP contribution in [0.2, 0.25) is 0 Å². The minimum atomic E-state index is -0.0648. The predicted molar refractivity (Wildman–Crippen MR) is 426 cm³/mol. The Morgan fingerprint density at radius 1 is 0.441 bits per heavy atom. The van der Waals surface area contributed by atoms with Gasteiger partial charge in [0.05, 0.1) is 6.10 Å². The number of hydrogen-bond acceptors (Lipinski definition) is 7. The zero-order valence-electron chi connectivity index (χ0n) is 68.5. The van der Waals surface area contributed by atoms with Crippen LogP contribution in [0, 0.1) is 30.6 Å². The molecule has 4 fully saturated rings. The van der Waals surface area contributed by atoms with Gasteiger partial charge in [0.1, 0.15) is 23.1 Å². The van der Waals surface area contributed by atoms with E-state index in [1.165, 1.54) is 108 Å². The highest BCUT2D eigenvalue weighted by molar-refractivity contribution is 5.95. The Morgan fingerprint density at radius 3 is 0.817 bits per heavy atom. The van der Waals surface area contributed by atoms with E-state index in [0.29, 0.717) is 54.0 Å². The largest absolute Gasteiger partial charge is 0.393 e. The third-order valence-electron chi connectivity index (χ3n) is 13.7. The molecule has 0 unspecified atom stereocenters. The lowest BCUT2D eigenvalue weighted by Crippen LogP contribution is -2.13. The van der Waals surface area contributed by atoms with Crippen molar-refractivity contribution in [3.05, 3.63) is 120 Å². The van der Waals surface area contributed by atoms with Gasteiger partial charge < -0.3 is 9.90 Å². The summed E-state index contributed by atoms with van der Waals surface area (Å²) < 4.78 is 0. The van der Waals surface area contributed by atoms with E-state index in [4.69, 9.17) is 5.11 Å². The zero-order chi connectivity index (χ0) is 75.8. The molecule has 552 valence electrons. The molecule has 4 aliphatic carbocycles. The lowest BCUT2D eigenvalue weighted by atomic mass is 9.87. The molecule has 7 heteroatoms. The van der Waals surface area contributed by atoms with E-state index in [0.717, 1.165) is 55.9 Å². The molecule has 0 bridgehead atoms. The van der Waals surface area contributed by atoms with Gasteiger partial charge in [0.25, 0.3) is 0 Å². The summed E-state index contributed by atoms with van der Waals surface area (Å²) in [6.07, 6.45) is 35.3. The fourth-order valence-electron chi connectivity index (χ4n) is 7.61. The number of hydrogen-bond donors (Lipinski definition) is 1. The monoisotopic (exact) mass is 1310 g/mol. The molecular formula is C86H166O7. The maximum atomic E-state index is 10.8. The van der Waals surface area contributed by atoms with E-state index in [1.807, 2.05) is 227 Å². The standard InChI is InChI=1S/C8H14O.C8H8O.C7H12O.C7H10O.C7H14.C7H8.C6H12.C6H10.C5H12O.C5H10O.C4H8O.8C2H6/c2*1-7(9)8-5-3-2-4-6-8;1-6(8)7-4-2-3-5-7;1-4-7(5-2)6(3)8;2*1-7-5-3-2-4-6-7;1-6-4-2-3-5-6;1-4-6(3)5-2;2*1-3-5(6)4-2;1-3-4(2)5;8*1-2/h8H,2-6H2,1H3;2-6H,1H3;7H,2-5H2,1H3;4-5H,1H2,2-3H3;7H,2-6H2,1H3;2-6H,1H3;6H,2-5H2,1H3;4-5H,1H2,2-3H3;5-6H,3-4H2,1-2H3;3-4H2,1-2H3;3H2,1-2H3;8*1-2H3/b;;;7-5+;;;;6-5-;;;;;;;;;;;. The van der Waals surface area contributed by atoms with Crippen LogP contribution >= 0.6 is 0 Å². The molecule has 0 amide bonds. The third kappa shape index (κ3) is 112. The number of carbonyl (C=O) groups is 6. The molecule has 0 saturated heterocycles. The fourth-order valence-corrected chi connectivity index (χ4v) is 7.61. The lowest BCUT2D eigenvalue weighted by molar-refractivity contribution is -0.122. The first kappa shape index (κ1) is 119. The number of aliphatic hydroxyl groups excluding tert-OH is 1. The first-order valence-electron chi connectivity index (χ1n) is 37.8. The molecule has 2 aromatic carbocycles. The van der Waals surface area contributed by atoms with Gasteiger partial charge in [-0.05, 0) is 113 Å². The molecule has 2 aromatic rings. The van der Waals surface area contributed by atoms with E-state index in [9.17, 15) is 28.8 Å². The molecule has 1 N–H and O–H groups in total. The molecular weight excluding hydrogens is 1140 g/mol. The summed E-state index contributed by atoms with van der Waals surface area (Å²) in [6.45, 7) is 69.3. The Hall–Kier alpha value is -4.62. The number of aryl methyl sites for hydroxylation is 1. The average molecular weight is 1310 g/mol. The Balaban J connectivity index is -0.0000000675. The minimum Gasteiger partial charge on any atom is -0.393 e. The van der Waals surface area contributed by atoms with Crippen molar-refractivity contribution < 1.29 is 33.9 Å². The molecule has 0 aromatic heterocycles. The van der Waals surface area contributed by atoms with Gasteiger partial charge in [-0.15, -0.1) is 0 Å². The van der Waals surface area contributed by atoms with Crippen molar-refractivity contribution >= 4 is 34.7 Å². The van der Waals surface area contributed by atoms with Gasteiger partial charge in [-0.25, -0.2) is 0 Å². The smallest absolute Gasteiger partial charge is 0.159 e. The summed E-state index contributed by atoms with van der Waals surface area (Å²) in [5.41, 5.74) is 4.01. The third-order valence-corrected chi connectivity index (χ3v) is 13.7. The molecule has 7 nitrogen and oxygen atoms in total. The lowest BCUT2D eigenvalue weighted by Gasteiger charge is -2.17. The van der Waals surface area contributed by atoms with Crippen molar-refractivity contribution in [2.24, 2.45) is 23.7 Å². The van der Waals surface area contributed by atoms with Crippen molar-refractivity contribution in [1.29, 1.82) is 0 Å². The van der Waals surface area contributed by atoms with Crippen molar-refractivity contribution in [2.45, 2.75) is 375 Å². The normalized spacial score (nSPS) is 12.8. The van der Waals surface area contributed by atoms with Crippen LogP contribution in [0.15, 0.2) is 109 Å². The Bertz CT molecular complexity index is 1790. The first-order valence-corrected chi connectivity index (χ1v) is 37.8. The van der Waals surface area contributed by atoms with Crippen LogP contribution in [0.3, 0.4) is 0 Å². The summed E-state index contributed by atoms with van der Waals surface area (Å²) in [5, 5.41) is 8.67. The van der Waals surface area contributed by atoms with Crippen LogP contribution in [0.25, 0.3) is 0 Å². The quantitative estimate of drug-likeness (QED) is 0.135. The van der Waals surface area contributed by atoms with Crippen LogP contribution in [0.4, 0.5) is 0 Å². The number of ketones is 6. The fraction of sp³-hybridized carbons (Fsp3) is 0.698. The second kappa shape index (κ2) is 109. The number of Topliss-reactive ketones (excluding diaryl/α,β-unsaturated/α-hetero) is 6. The Kier molecular flexibility index (Phi) is 139. The number of rotatable bonds is 11. The van der Waals surface area contributed by atoms with Gasteiger partial charge in [0, 0.05) is 42.2 Å². The van der Waals surface area contributed by atoms with Crippen LogP contribution in [0.5, 0.6) is 0 Å². The van der Waals surface area contributed by atoms with Crippen LogP contribution in [-0.2, 0) is 24.0 Å². The van der Waals surface area contributed by atoms with E-state index in [-0.39, 0.29) is 23.5 Å². The van der Waals surface area contributed by atoms with Gasteiger partial charge in [-0.2, -0.15) is 0 Å². The van der Waals surface area contributed by atoms with E-state index >= 15 is 0 Å². The predicted octanol–water partition coefficient (Wildman–Crippen LogP) is 28.2. The van der Waals surface area contributed by atoms with E-state index in [1.54, 1.807) is 39.8 Å². The topological polar surface area (TPSA) is 123 Å². The Morgan fingerprint density at radius 2 is 0.720 bits per heavy atom. The molecule has 6 rings (SSSR count). The first-order chi connectivity index (χ1) is 44.5. The summed E-state index contributed by atoms with van der Waals surface area (Å²) in [7, 11) is 0. The molecule has 4 saturated carbocycles. The summed E-state index contributed by atoms with van der Waals surface area (Å²) in [6, 6.07) is 19.5. The van der Waals surface area contributed by atoms with Gasteiger partial charge in [0.2, 0.25) is 0 Å². The number of aliphatic hydroxyl groups is 1. The number of allylic oxidation sites excluding steroid dienone is 6. The minimum absolute atomic E-state index is 0.0648. The summed E-state index contributed by atoms with van der Waals surface area (Å²) in [5.74, 6) is 4.50. The van der Waals surface area contributed by atoms with Crippen LogP contribution in [-0.4, -0.2) is 45.9 Å².